The molecule has 5 heteroatoms. The molecule has 0 rings (SSSR count). The molecule has 7 heavy (non-hydrogen) atoms. The van der Waals surface area contributed by atoms with Crippen LogP contribution in [0.15, 0.2) is 0 Å². The van der Waals surface area contributed by atoms with Gasteiger partial charge in [0.2, 0.25) is 0 Å². The van der Waals surface area contributed by atoms with Crippen LogP contribution in [0.4, 0.5) is 4.79 Å². The molecule has 0 aliphatic carbocycles. The Morgan fingerprint density at radius 1 is 1.86 bits per heavy atom. The number of carbonyl (C=O) groups is 1. The van der Waals surface area contributed by atoms with Gasteiger partial charge in [-0.1, -0.05) is 0 Å². The molecule has 0 amide bonds. The minimum atomic E-state index is -1.25. The van der Waals surface area contributed by atoms with E-state index in [1.165, 1.54) is 0 Å². The molecule has 0 aromatic carbocycles. The number of hydrogen-bond acceptors (Lipinski definition) is 2. The summed E-state index contributed by atoms with van der Waals surface area (Å²) in [5.41, 5.74) is 0. The maximum absolute atomic E-state index is 9.15. The zero-order chi connectivity index (χ0) is 4.28. The minimum absolute atomic E-state index is 0. The molecule has 0 spiro atoms. The van der Waals surface area contributed by atoms with Crippen molar-refractivity contribution in [1.29, 1.82) is 0 Å². The van der Waals surface area contributed by atoms with Crippen LogP contribution in [0.1, 0.15) is 2.85 Å². The standard InChI is InChI=1S/C2H4O3.K.Li.2H/c1-5-2(3)4;;;;/h1H3,(H,3,4);;;;/q;2*+1;2*-1. The van der Waals surface area contributed by atoms with Crippen LogP contribution in [0.2, 0.25) is 0 Å². The molecular weight excluding hydrogens is 118 g/mol. The van der Waals surface area contributed by atoms with Gasteiger partial charge in [0.1, 0.15) is 0 Å². The topological polar surface area (TPSA) is 46.5 Å². The zero-order valence-corrected chi connectivity index (χ0v) is 7.89. The molecule has 0 heterocycles. The first-order chi connectivity index (χ1) is 2.27. The summed E-state index contributed by atoms with van der Waals surface area (Å²) in [6.45, 7) is 0. The molecule has 0 saturated carbocycles. The fourth-order valence-corrected chi connectivity index (χ4v) is 0. The number of carboxylic acid groups (broad SMARTS) is 1. The molecule has 0 atom stereocenters. The third-order valence-electron chi connectivity index (χ3n) is 0.175. The van der Waals surface area contributed by atoms with E-state index in [-0.39, 0.29) is 73.1 Å². The Hall–Kier alpha value is 1.50. The Labute approximate surface area is 99.4 Å². The van der Waals surface area contributed by atoms with Crippen molar-refractivity contribution in [2.24, 2.45) is 0 Å². The van der Waals surface area contributed by atoms with E-state index in [0.29, 0.717) is 0 Å². The van der Waals surface area contributed by atoms with Crippen LogP contribution in [-0.2, 0) is 4.74 Å². The monoisotopic (exact) mass is 124 g/mol. The van der Waals surface area contributed by atoms with Crippen LogP contribution >= 0.6 is 0 Å². The molecule has 0 fully saturated rings. The molecular formula is C2H6KLiO3. The van der Waals surface area contributed by atoms with Crippen molar-refractivity contribution in [3.05, 3.63) is 0 Å². The van der Waals surface area contributed by atoms with E-state index in [9.17, 15) is 0 Å². The van der Waals surface area contributed by atoms with Crippen LogP contribution in [0.3, 0.4) is 0 Å². The van der Waals surface area contributed by atoms with Gasteiger partial charge in [-0.3, -0.25) is 0 Å². The number of hydrogen-bond donors (Lipinski definition) is 1. The SMILES string of the molecule is COC(=O)O.[H-].[H-].[K+].[Li+]. The van der Waals surface area contributed by atoms with Gasteiger partial charge in [-0.25, -0.2) is 4.79 Å². The smallest absolute Gasteiger partial charge is 1.00 e. The summed E-state index contributed by atoms with van der Waals surface area (Å²) in [5, 5.41) is 7.50. The second kappa shape index (κ2) is 10.5. The fourth-order valence-electron chi connectivity index (χ4n) is 0. The van der Waals surface area contributed by atoms with Crippen molar-refractivity contribution in [2.45, 2.75) is 0 Å². The quantitative estimate of drug-likeness (QED) is 0.259. The molecule has 0 aliphatic rings. The number of methoxy groups -OCH3 is 1. The summed E-state index contributed by atoms with van der Waals surface area (Å²) in [5.74, 6) is 0. The molecule has 0 radical (unpaired) electrons. The van der Waals surface area contributed by atoms with Gasteiger partial charge in [0.05, 0.1) is 7.11 Å². The molecule has 0 unspecified atom stereocenters. The molecule has 0 aliphatic heterocycles. The van der Waals surface area contributed by atoms with Crippen molar-refractivity contribution >= 4 is 6.16 Å². The van der Waals surface area contributed by atoms with Gasteiger partial charge in [0, 0.05) is 0 Å². The largest absolute Gasteiger partial charge is 1.00 e. The van der Waals surface area contributed by atoms with Gasteiger partial charge >= 0.3 is 76.4 Å². The molecule has 3 nitrogen and oxygen atoms in total. The zero-order valence-electron chi connectivity index (χ0n) is 6.76. The molecule has 0 aromatic heterocycles. The van der Waals surface area contributed by atoms with E-state index in [1.807, 2.05) is 0 Å². The molecule has 34 valence electrons. The van der Waals surface area contributed by atoms with Crippen molar-refractivity contribution in [1.82, 2.24) is 0 Å². The second-order valence-corrected chi connectivity index (χ2v) is 0.470. The van der Waals surface area contributed by atoms with Gasteiger partial charge in [0.25, 0.3) is 0 Å². The van der Waals surface area contributed by atoms with Gasteiger partial charge in [0.15, 0.2) is 0 Å². The van der Waals surface area contributed by atoms with E-state index < -0.39 is 6.16 Å². The van der Waals surface area contributed by atoms with E-state index in [2.05, 4.69) is 4.74 Å². The Morgan fingerprint density at radius 3 is 2.00 bits per heavy atom. The van der Waals surface area contributed by atoms with Gasteiger partial charge in [-0.15, -0.1) is 0 Å². The van der Waals surface area contributed by atoms with E-state index in [1.54, 1.807) is 0 Å². The summed E-state index contributed by atoms with van der Waals surface area (Å²) in [4.78, 5) is 9.15. The number of rotatable bonds is 0. The summed E-state index contributed by atoms with van der Waals surface area (Å²) in [7, 11) is 1.10. The van der Waals surface area contributed by atoms with Crippen LogP contribution in [0, 0.1) is 0 Å². The average Bonchev–Trinajstić information content (AvgIpc) is 1.38. The number of ether oxygens (including phenoxy) is 1. The van der Waals surface area contributed by atoms with Gasteiger partial charge in [-0.2, -0.15) is 0 Å². The van der Waals surface area contributed by atoms with Crippen molar-refractivity contribution in [3.63, 3.8) is 0 Å². The van der Waals surface area contributed by atoms with E-state index >= 15 is 0 Å². The third kappa shape index (κ3) is 18.5. The molecule has 0 bridgehead atoms. The Kier molecular flexibility index (Phi) is 23.7. The molecule has 1 N–H and O–H groups in total. The maximum atomic E-state index is 9.15. The second-order valence-electron chi connectivity index (χ2n) is 0.470. The van der Waals surface area contributed by atoms with E-state index in [4.69, 9.17) is 9.90 Å². The first-order valence-corrected chi connectivity index (χ1v) is 1.04. The fraction of sp³-hybridized carbons (Fsp3) is 0.500. The van der Waals surface area contributed by atoms with E-state index in [0.717, 1.165) is 7.11 Å². The van der Waals surface area contributed by atoms with Gasteiger partial charge in [-0.05, 0) is 0 Å². The Balaban J connectivity index is -0.0000000133. The van der Waals surface area contributed by atoms with Crippen molar-refractivity contribution < 1.29 is 87.7 Å². The average molecular weight is 124 g/mol. The third-order valence-corrected chi connectivity index (χ3v) is 0.175. The van der Waals surface area contributed by atoms with Crippen LogP contribution in [0.25, 0.3) is 0 Å². The summed E-state index contributed by atoms with van der Waals surface area (Å²) in [6.07, 6.45) is -1.25. The van der Waals surface area contributed by atoms with Crippen molar-refractivity contribution in [2.75, 3.05) is 7.11 Å². The van der Waals surface area contributed by atoms with Crippen LogP contribution in [-0.4, -0.2) is 18.4 Å². The van der Waals surface area contributed by atoms with Crippen LogP contribution in [0.5, 0.6) is 0 Å². The van der Waals surface area contributed by atoms with Gasteiger partial charge < -0.3 is 12.7 Å². The Morgan fingerprint density at radius 2 is 2.00 bits per heavy atom. The summed E-state index contributed by atoms with van der Waals surface area (Å²) < 4.78 is 3.67. The van der Waals surface area contributed by atoms with Crippen molar-refractivity contribution in [3.8, 4) is 0 Å². The van der Waals surface area contributed by atoms with Crippen LogP contribution < -0.4 is 70.2 Å². The summed E-state index contributed by atoms with van der Waals surface area (Å²) in [6, 6.07) is 0. The normalized spacial score (nSPS) is 4.71. The molecule has 0 aromatic rings. The first-order valence-electron chi connectivity index (χ1n) is 1.04. The minimum Gasteiger partial charge on any atom is -1.00 e. The Bertz CT molecular complexity index is 55.1. The molecule has 0 saturated heterocycles. The maximum Gasteiger partial charge on any atom is 1.00 e. The predicted molar refractivity (Wildman–Crippen MR) is 17.3 cm³/mol. The first kappa shape index (κ1) is 15.8. The predicted octanol–water partition coefficient (Wildman–Crippen LogP) is -5.46. The summed E-state index contributed by atoms with van der Waals surface area (Å²) >= 11 is 0.